The zero-order valence-corrected chi connectivity index (χ0v) is 14.0. The van der Waals surface area contributed by atoms with E-state index in [0.717, 1.165) is 29.0 Å². The molecule has 0 saturated heterocycles. The molecule has 0 saturated carbocycles. The van der Waals surface area contributed by atoms with Crippen molar-refractivity contribution in [3.63, 3.8) is 0 Å². The monoisotopic (exact) mass is 312 g/mol. The Morgan fingerprint density at radius 3 is 2.70 bits per heavy atom. The van der Waals surface area contributed by atoms with Crippen LogP contribution in [0.3, 0.4) is 0 Å². The Labute approximate surface area is 137 Å². The first-order valence-electron chi connectivity index (χ1n) is 7.79. The van der Waals surface area contributed by atoms with E-state index in [0.29, 0.717) is 6.54 Å². The summed E-state index contributed by atoms with van der Waals surface area (Å²) in [4.78, 5) is 11.9. The molecule has 0 aliphatic rings. The fraction of sp³-hybridized carbons (Fsp3) is 0.316. The molecule has 0 bridgehead atoms. The maximum atomic E-state index is 11.9. The summed E-state index contributed by atoms with van der Waals surface area (Å²) in [6.07, 6.45) is 0.784. The number of hydrogen-bond donors (Lipinski definition) is 2. The molecule has 2 N–H and O–H groups in total. The minimum absolute atomic E-state index is 0.00660. The summed E-state index contributed by atoms with van der Waals surface area (Å²) >= 11 is 0. The van der Waals surface area contributed by atoms with E-state index in [1.54, 1.807) is 7.11 Å². The Kier molecular flexibility index (Phi) is 6.03. The van der Waals surface area contributed by atoms with Gasteiger partial charge < -0.3 is 15.4 Å². The van der Waals surface area contributed by atoms with Crippen LogP contribution in [0, 0.1) is 13.8 Å². The van der Waals surface area contributed by atoms with Crippen molar-refractivity contribution in [2.45, 2.75) is 20.3 Å². The predicted octanol–water partition coefficient (Wildman–Crippen LogP) is 3.08. The molecule has 2 rings (SSSR count). The fourth-order valence-corrected chi connectivity index (χ4v) is 2.42. The first-order valence-corrected chi connectivity index (χ1v) is 7.79. The second-order valence-electron chi connectivity index (χ2n) is 5.62. The Morgan fingerprint density at radius 2 is 1.96 bits per heavy atom. The molecular formula is C19H24N2O2. The van der Waals surface area contributed by atoms with Gasteiger partial charge in [0.05, 0.1) is 13.7 Å². The van der Waals surface area contributed by atoms with E-state index in [2.05, 4.69) is 23.6 Å². The molecule has 2 aromatic rings. The van der Waals surface area contributed by atoms with Crippen LogP contribution in [-0.2, 0) is 11.2 Å². The summed E-state index contributed by atoms with van der Waals surface area (Å²) in [6, 6.07) is 14.0. The van der Waals surface area contributed by atoms with Gasteiger partial charge in [-0.1, -0.05) is 29.8 Å². The van der Waals surface area contributed by atoms with E-state index in [9.17, 15) is 4.79 Å². The number of hydrogen-bond acceptors (Lipinski definition) is 3. The molecule has 0 heterocycles. The van der Waals surface area contributed by atoms with Gasteiger partial charge in [0, 0.05) is 12.2 Å². The van der Waals surface area contributed by atoms with Gasteiger partial charge >= 0.3 is 0 Å². The van der Waals surface area contributed by atoms with Crippen molar-refractivity contribution in [2.75, 3.05) is 25.5 Å². The summed E-state index contributed by atoms with van der Waals surface area (Å²) < 4.78 is 5.19. The van der Waals surface area contributed by atoms with E-state index in [-0.39, 0.29) is 12.5 Å². The molecule has 0 fully saturated rings. The maximum Gasteiger partial charge on any atom is 0.239 e. The van der Waals surface area contributed by atoms with Crippen LogP contribution in [0.25, 0.3) is 0 Å². The van der Waals surface area contributed by atoms with Gasteiger partial charge in [0.15, 0.2) is 0 Å². The average Bonchev–Trinajstić information content (AvgIpc) is 2.54. The zero-order valence-electron chi connectivity index (χ0n) is 14.0. The molecule has 23 heavy (non-hydrogen) atoms. The number of anilines is 1. The third-order valence-corrected chi connectivity index (χ3v) is 3.69. The van der Waals surface area contributed by atoms with Crippen molar-refractivity contribution in [2.24, 2.45) is 0 Å². The van der Waals surface area contributed by atoms with E-state index >= 15 is 0 Å². The first-order chi connectivity index (χ1) is 11.1. The van der Waals surface area contributed by atoms with Crippen LogP contribution in [0.2, 0.25) is 0 Å². The standard InChI is InChI=1S/C19H24N2O2/c1-14-7-8-18(15(2)11-14)21-13-19(22)20-10-9-16-5-4-6-17(12-16)23-3/h4-8,11-12,21H,9-10,13H2,1-3H3,(H,20,22). The highest BCUT2D eigenvalue weighted by molar-refractivity contribution is 5.80. The second kappa shape index (κ2) is 8.22. The normalized spacial score (nSPS) is 10.2. The van der Waals surface area contributed by atoms with Crippen LogP contribution < -0.4 is 15.4 Å². The van der Waals surface area contributed by atoms with Gasteiger partial charge in [-0.05, 0) is 49.6 Å². The fourth-order valence-electron chi connectivity index (χ4n) is 2.42. The molecule has 4 heteroatoms. The highest BCUT2D eigenvalue weighted by Gasteiger charge is 2.03. The number of methoxy groups -OCH3 is 1. The highest BCUT2D eigenvalue weighted by atomic mass is 16.5. The van der Waals surface area contributed by atoms with Crippen molar-refractivity contribution in [1.82, 2.24) is 5.32 Å². The lowest BCUT2D eigenvalue weighted by Gasteiger charge is -2.11. The molecule has 0 radical (unpaired) electrons. The quantitative estimate of drug-likeness (QED) is 0.826. The van der Waals surface area contributed by atoms with Crippen LogP contribution >= 0.6 is 0 Å². The van der Waals surface area contributed by atoms with Gasteiger partial charge in [-0.25, -0.2) is 0 Å². The minimum atomic E-state index is -0.00660. The molecule has 2 aromatic carbocycles. The molecule has 0 atom stereocenters. The molecule has 0 aliphatic heterocycles. The van der Waals surface area contributed by atoms with Crippen molar-refractivity contribution in [1.29, 1.82) is 0 Å². The molecule has 4 nitrogen and oxygen atoms in total. The molecule has 0 aromatic heterocycles. The van der Waals surface area contributed by atoms with Crippen molar-refractivity contribution in [3.05, 3.63) is 59.2 Å². The number of nitrogens with one attached hydrogen (secondary N) is 2. The Balaban J connectivity index is 1.74. The van der Waals surface area contributed by atoms with E-state index in [1.807, 2.05) is 43.3 Å². The number of aryl methyl sites for hydroxylation is 2. The van der Waals surface area contributed by atoms with E-state index in [4.69, 9.17) is 4.74 Å². The van der Waals surface area contributed by atoms with Gasteiger partial charge in [-0.15, -0.1) is 0 Å². The molecular weight excluding hydrogens is 288 g/mol. The van der Waals surface area contributed by atoms with Crippen molar-refractivity contribution >= 4 is 11.6 Å². The lowest BCUT2D eigenvalue weighted by Crippen LogP contribution is -2.31. The number of carbonyl (C=O) groups is 1. The van der Waals surface area contributed by atoms with E-state index < -0.39 is 0 Å². The molecule has 122 valence electrons. The maximum absolute atomic E-state index is 11.9. The number of carbonyl (C=O) groups excluding carboxylic acids is 1. The van der Waals surface area contributed by atoms with Crippen LogP contribution in [0.15, 0.2) is 42.5 Å². The van der Waals surface area contributed by atoms with Crippen molar-refractivity contribution in [3.8, 4) is 5.75 Å². The summed E-state index contributed by atoms with van der Waals surface area (Å²) in [5.41, 5.74) is 4.51. The van der Waals surface area contributed by atoms with Gasteiger partial charge in [0.1, 0.15) is 5.75 Å². The molecule has 0 aliphatic carbocycles. The lowest BCUT2D eigenvalue weighted by molar-refractivity contribution is -0.119. The molecule has 0 spiro atoms. The van der Waals surface area contributed by atoms with Gasteiger partial charge in [0.2, 0.25) is 5.91 Å². The minimum Gasteiger partial charge on any atom is -0.497 e. The zero-order chi connectivity index (χ0) is 16.7. The first kappa shape index (κ1) is 16.9. The highest BCUT2D eigenvalue weighted by Crippen LogP contribution is 2.15. The van der Waals surface area contributed by atoms with Crippen LogP contribution in [-0.4, -0.2) is 26.1 Å². The van der Waals surface area contributed by atoms with Crippen LogP contribution in [0.5, 0.6) is 5.75 Å². The summed E-state index contributed by atoms with van der Waals surface area (Å²) in [7, 11) is 1.65. The number of rotatable bonds is 7. The average molecular weight is 312 g/mol. The van der Waals surface area contributed by atoms with Gasteiger partial charge in [-0.2, -0.15) is 0 Å². The SMILES string of the molecule is COc1cccc(CCNC(=O)CNc2ccc(C)cc2C)c1. The second-order valence-corrected chi connectivity index (χ2v) is 5.62. The molecule has 0 unspecified atom stereocenters. The lowest BCUT2D eigenvalue weighted by atomic mass is 10.1. The van der Waals surface area contributed by atoms with Crippen LogP contribution in [0.4, 0.5) is 5.69 Å². The number of benzene rings is 2. The summed E-state index contributed by atoms with van der Waals surface area (Å²) in [6.45, 7) is 4.99. The smallest absolute Gasteiger partial charge is 0.239 e. The van der Waals surface area contributed by atoms with Gasteiger partial charge in [-0.3, -0.25) is 4.79 Å². The Hall–Kier alpha value is -2.49. The number of ether oxygens (including phenoxy) is 1. The summed E-state index contributed by atoms with van der Waals surface area (Å²) in [5.74, 6) is 0.832. The van der Waals surface area contributed by atoms with Crippen LogP contribution in [0.1, 0.15) is 16.7 Å². The Morgan fingerprint density at radius 1 is 1.13 bits per heavy atom. The third-order valence-electron chi connectivity index (χ3n) is 3.69. The number of amides is 1. The summed E-state index contributed by atoms with van der Waals surface area (Å²) in [5, 5.41) is 6.10. The van der Waals surface area contributed by atoms with Crippen molar-refractivity contribution < 1.29 is 9.53 Å². The van der Waals surface area contributed by atoms with E-state index in [1.165, 1.54) is 5.56 Å². The predicted molar refractivity (Wildman–Crippen MR) is 94.1 cm³/mol. The Bertz CT molecular complexity index is 668. The topological polar surface area (TPSA) is 50.4 Å². The largest absolute Gasteiger partial charge is 0.497 e. The third kappa shape index (κ3) is 5.33. The van der Waals surface area contributed by atoms with Gasteiger partial charge in [0.25, 0.3) is 0 Å². The molecule has 1 amide bonds.